The highest BCUT2D eigenvalue weighted by atomic mass is 32.2. The first kappa shape index (κ1) is 24.5. The smallest absolute Gasteiger partial charge is 0.326 e. The average molecular weight is 493 g/mol. The third-order valence-electron chi connectivity index (χ3n) is 4.69. The number of ether oxygens (including phenoxy) is 3. The molecule has 1 heterocycles. The van der Waals surface area contributed by atoms with E-state index in [1.165, 1.54) is 37.7 Å². The molecular weight excluding hydrogens is 468 g/mol. The summed E-state index contributed by atoms with van der Waals surface area (Å²) in [6.45, 7) is 1.74. The van der Waals surface area contributed by atoms with Crippen LogP contribution in [0.5, 0.6) is 11.5 Å². The number of carbonyl (C=O) groups excluding carboxylic acids is 2. The van der Waals surface area contributed by atoms with Crippen molar-refractivity contribution in [3.05, 3.63) is 47.3 Å². The zero-order chi connectivity index (χ0) is 24.0. The van der Waals surface area contributed by atoms with E-state index in [1.54, 1.807) is 41.8 Å². The van der Waals surface area contributed by atoms with Gasteiger partial charge < -0.3 is 18.8 Å². The monoisotopic (exact) mass is 492 g/mol. The van der Waals surface area contributed by atoms with Gasteiger partial charge in [-0.25, -0.2) is 8.42 Å². The minimum Gasteiger partial charge on any atom is -0.493 e. The third kappa shape index (κ3) is 5.79. The van der Waals surface area contributed by atoms with E-state index >= 15 is 0 Å². The summed E-state index contributed by atoms with van der Waals surface area (Å²) < 4.78 is 42.9. The van der Waals surface area contributed by atoms with Crippen LogP contribution in [0.3, 0.4) is 0 Å². The number of methoxy groups -OCH3 is 2. The Morgan fingerprint density at radius 1 is 1.06 bits per heavy atom. The van der Waals surface area contributed by atoms with Gasteiger partial charge >= 0.3 is 5.97 Å². The highest BCUT2D eigenvalue weighted by molar-refractivity contribution is 7.91. The Labute approximate surface area is 195 Å². The van der Waals surface area contributed by atoms with Crippen molar-refractivity contribution in [2.45, 2.75) is 24.8 Å². The first-order valence-corrected chi connectivity index (χ1v) is 12.5. The van der Waals surface area contributed by atoms with E-state index in [-0.39, 0.29) is 35.0 Å². The Kier molecular flexibility index (Phi) is 7.88. The predicted octanol–water partition coefficient (Wildman–Crippen LogP) is 2.57. The van der Waals surface area contributed by atoms with Crippen LogP contribution in [0.2, 0.25) is 0 Å². The molecule has 0 aliphatic carbocycles. The van der Waals surface area contributed by atoms with Crippen molar-refractivity contribution in [2.75, 3.05) is 26.6 Å². The fourth-order valence-electron chi connectivity index (χ4n) is 3.10. The number of hydrogen-bond donors (Lipinski definition) is 0. The van der Waals surface area contributed by atoms with E-state index in [9.17, 15) is 18.0 Å². The summed E-state index contributed by atoms with van der Waals surface area (Å²) in [5.74, 6) is -0.539. The normalized spacial score (nSPS) is 12.0. The maximum absolute atomic E-state index is 12.6. The van der Waals surface area contributed by atoms with E-state index in [0.717, 1.165) is 0 Å². The van der Waals surface area contributed by atoms with Gasteiger partial charge in [0.2, 0.25) is 5.91 Å². The largest absolute Gasteiger partial charge is 0.493 e. The van der Waals surface area contributed by atoms with Crippen LogP contribution < -0.4 is 14.3 Å². The quantitative estimate of drug-likeness (QED) is 0.422. The number of aromatic nitrogens is 1. The Morgan fingerprint density at radius 2 is 1.73 bits per heavy atom. The molecule has 0 saturated heterocycles. The van der Waals surface area contributed by atoms with E-state index in [0.29, 0.717) is 21.7 Å². The van der Waals surface area contributed by atoms with Crippen LogP contribution in [0.25, 0.3) is 10.2 Å². The van der Waals surface area contributed by atoms with Gasteiger partial charge in [0, 0.05) is 18.6 Å². The minimum absolute atomic E-state index is 0.149. The summed E-state index contributed by atoms with van der Waals surface area (Å²) in [6.07, 6.45) is -0.294. The van der Waals surface area contributed by atoms with Crippen molar-refractivity contribution in [1.82, 2.24) is 4.57 Å². The van der Waals surface area contributed by atoms with Gasteiger partial charge in [0.25, 0.3) is 0 Å². The Hall–Kier alpha value is -3.18. The SMILES string of the molecule is CCOC(=O)Cn1c(=NC(=O)CCS(=O)(=O)c2ccccc2)sc2cc(OC)c(OC)cc21. The van der Waals surface area contributed by atoms with E-state index in [2.05, 4.69) is 4.99 Å². The number of nitrogens with zero attached hydrogens (tertiary/aromatic N) is 2. The molecule has 0 saturated carbocycles. The molecule has 0 bridgehead atoms. The number of rotatable bonds is 9. The van der Waals surface area contributed by atoms with Gasteiger partial charge in [-0.2, -0.15) is 4.99 Å². The lowest BCUT2D eigenvalue weighted by molar-refractivity contribution is -0.143. The lowest BCUT2D eigenvalue weighted by Crippen LogP contribution is -2.23. The molecule has 0 aliphatic heterocycles. The predicted molar refractivity (Wildman–Crippen MR) is 123 cm³/mol. The summed E-state index contributed by atoms with van der Waals surface area (Å²) in [7, 11) is -0.618. The number of sulfone groups is 1. The number of amides is 1. The molecule has 0 N–H and O–H groups in total. The molecule has 0 radical (unpaired) electrons. The summed E-state index contributed by atoms with van der Waals surface area (Å²) in [5, 5.41) is 0. The van der Waals surface area contributed by atoms with Crippen molar-refractivity contribution >= 4 is 43.3 Å². The Balaban J connectivity index is 1.97. The zero-order valence-electron chi connectivity index (χ0n) is 18.4. The van der Waals surface area contributed by atoms with E-state index in [1.807, 2.05) is 0 Å². The number of fused-ring (bicyclic) bond motifs is 1. The summed E-state index contributed by atoms with van der Waals surface area (Å²) in [6, 6.07) is 11.3. The fraction of sp³-hybridized carbons (Fsp3) is 0.318. The minimum atomic E-state index is -3.62. The van der Waals surface area contributed by atoms with Gasteiger partial charge in [0.15, 0.2) is 26.1 Å². The van der Waals surface area contributed by atoms with Crippen LogP contribution in [0.15, 0.2) is 52.4 Å². The van der Waals surface area contributed by atoms with Crippen LogP contribution in [0.4, 0.5) is 0 Å². The highest BCUT2D eigenvalue weighted by Gasteiger charge is 2.18. The van der Waals surface area contributed by atoms with Gasteiger partial charge in [0.1, 0.15) is 6.54 Å². The van der Waals surface area contributed by atoms with Crippen LogP contribution in [-0.2, 0) is 30.7 Å². The van der Waals surface area contributed by atoms with Crippen LogP contribution in [0.1, 0.15) is 13.3 Å². The maximum Gasteiger partial charge on any atom is 0.326 e. The molecule has 9 nitrogen and oxygen atoms in total. The second-order valence-electron chi connectivity index (χ2n) is 6.84. The third-order valence-corrected chi connectivity index (χ3v) is 7.46. The molecule has 11 heteroatoms. The first-order valence-electron chi connectivity index (χ1n) is 10.1. The number of benzene rings is 2. The van der Waals surface area contributed by atoms with Crippen molar-refractivity contribution in [3.8, 4) is 11.5 Å². The fourth-order valence-corrected chi connectivity index (χ4v) is 5.41. The number of esters is 1. The average Bonchev–Trinajstić information content (AvgIpc) is 3.13. The summed E-state index contributed by atoms with van der Waals surface area (Å²) >= 11 is 1.17. The maximum atomic E-state index is 12.6. The van der Waals surface area contributed by atoms with Crippen molar-refractivity contribution in [3.63, 3.8) is 0 Å². The van der Waals surface area contributed by atoms with Gasteiger partial charge in [-0.1, -0.05) is 29.5 Å². The molecule has 3 rings (SSSR count). The van der Waals surface area contributed by atoms with Gasteiger partial charge in [-0.3, -0.25) is 9.59 Å². The Bertz CT molecular complexity index is 1330. The first-order chi connectivity index (χ1) is 15.8. The van der Waals surface area contributed by atoms with Crippen LogP contribution in [0, 0.1) is 0 Å². The van der Waals surface area contributed by atoms with Crippen molar-refractivity contribution < 1.29 is 32.2 Å². The van der Waals surface area contributed by atoms with Gasteiger partial charge in [-0.15, -0.1) is 0 Å². The molecule has 0 unspecified atom stereocenters. The molecule has 1 amide bonds. The molecule has 2 aromatic carbocycles. The zero-order valence-corrected chi connectivity index (χ0v) is 20.1. The molecule has 1 aromatic heterocycles. The van der Waals surface area contributed by atoms with Gasteiger partial charge in [0.05, 0.1) is 41.7 Å². The van der Waals surface area contributed by atoms with Crippen molar-refractivity contribution in [2.24, 2.45) is 4.99 Å². The Morgan fingerprint density at radius 3 is 2.36 bits per heavy atom. The second-order valence-corrected chi connectivity index (χ2v) is 9.96. The summed E-state index contributed by atoms with van der Waals surface area (Å²) in [4.78, 5) is 29.3. The van der Waals surface area contributed by atoms with Crippen LogP contribution in [-0.4, -0.2) is 51.4 Å². The molecule has 0 aliphatic rings. The number of carbonyl (C=O) groups is 2. The lowest BCUT2D eigenvalue weighted by Gasteiger charge is -2.09. The summed E-state index contributed by atoms with van der Waals surface area (Å²) in [5.41, 5.74) is 0.606. The molecular formula is C22H24N2O7S2. The topological polar surface area (TPSA) is 113 Å². The molecule has 0 spiro atoms. The van der Waals surface area contributed by atoms with E-state index in [4.69, 9.17) is 14.2 Å². The standard InChI is InChI=1S/C22H24N2O7S2/c1-4-31-21(26)14-24-16-12-17(29-2)18(30-3)13-19(16)32-22(24)23-20(25)10-11-33(27,28)15-8-6-5-7-9-15/h5-9,12-13H,4,10-11,14H2,1-3H3. The number of thiazole rings is 1. The van der Waals surface area contributed by atoms with Crippen molar-refractivity contribution in [1.29, 1.82) is 0 Å². The molecule has 0 atom stereocenters. The highest BCUT2D eigenvalue weighted by Crippen LogP contribution is 2.33. The lowest BCUT2D eigenvalue weighted by atomic mass is 10.3. The number of hydrogen-bond acceptors (Lipinski definition) is 8. The van der Waals surface area contributed by atoms with Gasteiger partial charge in [-0.05, 0) is 19.1 Å². The molecule has 33 heavy (non-hydrogen) atoms. The molecule has 176 valence electrons. The van der Waals surface area contributed by atoms with E-state index < -0.39 is 21.7 Å². The molecule has 0 fully saturated rings. The van der Waals surface area contributed by atoms with Crippen LogP contribution >= 0.6 is 11.3 Å². The molecule has 3 aromatic rings. The second kappa shape index (κ2) is 10.6.